The van der Waals surface area contributed by atoms with Crippen molar-refractivity contribution in [1.29, 1.82) is 0 Å². The second kappa shape index (κ2) is 8.99. The quantitative estimate of drug-likeness (QED) is 0.688. The van der Waals surface area contributed by atoms with Gasteiger partial charge in [0, 0.05) is 38.1 Å². The highest BCUT2D eigenvalue weighted by Gasteiger charge is 2.23. The molecule has 0 radical (unpaired) electrons. The number of para-hydroxylation sites is 2. The molecule has 0 spiro atoms. The van der Waals surface area contributed by atoms with Gasteiger partial charge in [-0.25, -0.2) is 0 Å². The summed E-state index contributed by atoms with van der Waals surface area (Å²) in [5.41, 5.74) is 3.96. The molecule has 1 aromatic carbocycles. The summed E-state index contributed by atoms with van der Waals surface area (Å²) in [5.74, 6) is -0.172. The predicted molar refractivity (Wildman–Crippen MR) is 119 cm³/mol. The van der Waals surface area contributed by atoms with Gasteiger partial charge in [0.25, 0.3) is 5.91 Å². The summed E-state index contributed by atoms with van der Waals surface area (Å²) in [4.78, 5) is 33.4. The van der Waals surface area contributed by atoms with Gasteiger partial charge in [-0.1, -0.05) is 18.2 Å². The highest BCUT2D eigenvalue weighted by molar-refractivity contribution is 6.04. The Morgan fingerprint density at radius 3 is 2.42 bits per heavy atom. The number of aromatic nitrogens is 3. The van der Waals surface area contributed by atoms with Crippen LogP contribution < -0.4 is 10.2 Å². The zero-order valence-electron chi connectivity index (χ0n) is 17.8. The monoisotopic (exact) mass is 418 g/mol. The lowest BCUT2D eigenvalue weighted by Crippen LogP contribution is -2.49. The summed E-state index contributed by atoms with van der Waals surface area (Å²) in [7, 11) is 0. The number of amides is 2. The van der Waals surface area contributed by atoms with Crippen LogP contribution in [0.25, 0.3) is 0 Å². The maximum Gasteiger partial charge on any atom is 0.274 e. The Labute approximate surface area is 181 Å². The molecule has 0 bridgehead atoms. The SMILES string of the molecule is Cc1cc(C)n(CC(=O)N2CCN(c3ccccc3NC(=O)c3ccccn3)CC2)n1. The Hall–Kier alpha value is -3.68. The molecule has 8 nitrogen and oxygen atoms in total. The molecule has 2 aromatic heterocycles. The molecule has 0 aliphatic carbocycles. The smallest absolute Gasteiger partial charge is 0.274 e. The summed E-state index contributed by atoms with van der Waals surface area (Å²) >= 11 is 0. The second-order valence-corrected chi connectivity index (χ2v) is 7.64. The predicted octanol–water partition coefficient (Wildman–Crippen LogP) is 2.50. The van der Waals surface area contributed by atoms with Crippen LogP contribution in [0.1, 0.15) is 21.9 Å². The van der Waals surface area contributed by atoms with Crippen LogP contribution in [0.4, 0.5) is 11.4 Å². The number of rotatable bonds is 5. The lowest BCUT2D eigenvalue weighted by molar-refractivity contribution is -0.132. The van der Waals surface area contributed by atoms with E-state index in [4.69, 9.17) is 0 Å². The fraction of sp³-hybridized carbons (Fsp3) is 0.304. The lowest BCUT2D eigenvalue weighted by atomic mass is 10.2. The number of aryl methyl sites for hydroxylation is 2. The van der Waals surface area contributed by atoms with Crippen molar-refractivity contribution in [2.24, 2.45) is 0 Å². The van der Waals surface area contributed by atoms with Crippen LogP contribution in [0, 0.1) is 13.8 Å². The van der Waals surface area contributed by atoms with Crippen molar-refractivity contribution in [3.63, 3.8) is 0 Å². The van der Waals surface area contributed by atoms with E-state index in [9.17, 15) is 9.59 Å². The molecule has 160 valence electrons. The number of hydrogen-bond donors (Lipinski definition) is 1. The number of nitrogens with one attached hydrogen (secondary N) is 1. The van der Waals surface area contributed by atoms with Crippen molar-refractivity contribution in [2.45, 2.75) is 20.4 Å². The molecule has 0 atom stereocenters. The molecule has 0 unspecified atom stereocenters. The van der Waals surface area contributed by atoms with Crippen LogP contribution in [0.15, 0.2) is 54.7 Å². The molecule has 1 fully saturated rings. The molecule has 8 heteroatoms. The standard InChI is InChI=1S/C23H26N6O2/c1-17-15-18(2)29(26-17)16-22(30)28-13-11-27(12-14-28)21-9-4-3-7-19(21)25-23(31)20-8-5-6-10-24-20/h3-10,15H,11-14,16H2,1-2H3,(H,25,31). The topological polar surface area (TPSA) is 83.4 Å². The van der Waals surface area contributed by atoms with Crippen LogP contribution in [-0.2, 0) is 11.3 Å². The molecule has 4 rings (SSSR count). The molecule has 1 saturated heterocycles. The van der Waals surface area contributed by atoms with Crippen LogP contribution in [0.3, 0.4) is 0 Å². The van der Waals surface area contributed by atoms with Gasteiger partial charge in [0.15, 0.2) is 0 Å². The van der Waals surface area contributed by atoms with Gasteiger partial charge in [0.05, 0.1) is 17.1 Å². The number of carbonyl (C=O) groups excluding carboxylic acids is 2. The van der Waals surface area contributed by atoms with Gasteiger partial charge in [0.2, 0.25) is 5.91 Å². The fourth-order valence-electron chi connectivity index (χ4n) is 3.80. The number of piperazine rings is 1. The highest BCUT2D eigenvalue weighted by atomic mass is 16.2. The number of hydrogen-bond acceptors (Lipinski definition) is 5. The lowest BCUT2D eigenvalue weighted by Gasteiger charge is -2.37. The van der Waals surface area contributed by atoms with Crippen LogP contribution in [-0.4, -0.2) is 57.7 Å². The van der Waals surface area contributed by atoms with Crippen molar-refractivity contribution in [2.75, 3.05) is 36.4 Å². The first-order valence-corrected chi connectivity index (χ1v) is 10.4. The van der Waals surface area contributed by atoms with Crippen LogP contribution >= 0.6 is 0 Å². The minimum Gasteiger partial charge on any atom is -0.366 e. The third kappa shape index (κ3) is 4.74. The minimum atomic E-state index is -0.244. The Kier molecular flexibility index (Phi) is 5.97. The molecule has 2 amide bonds. The molecule has 31 heavy (non-hydrogen) atoms. The first-order valence-electron chi connectivity index (χ1n) is 10.4. The van der Waals surface area contributed by atoms with E-state index in [2.05, 4.69) is 20.3 Å². The van der Waals surface area contributed by atoms with Crippen LogP contribution in [0.5, 0.6) is 0 Å². The van der Waals surface area contributed by atoms with E-state index in [0.29, 0.717) is 31.9 Å². The zero-order chi connectivity index (χ0) is 21.8. The van der Waals surface area contributed by atoms with Gasteiger partial charge < -0.3 is 15.1 Å². The first-order chi connectivity index (χ1) is 15.0. The van der Waals surface area contributed by atoms with Gasteiger partial charge in [0.1, 0.15) is 12.2 Å². The van der Waals surface area contributed by atoms with E-state index in [1.165, 1.54) is 0 Å². The van der Waals surface area contributed by atoms with E-state index < -0.39 is 0 Å². The van der Waals surface area contributed by atoms with E-state index >= 15 is 0 Å². The average Bonchev–Trinajstić information content (AvgIpc) is 3.11. The summed E-state index contributed by atoms with van der Waals surface area (Å²) in [6.45, 7) is 6.79. The third-order valence-corrected chi connectivity index (χ3v) is 5.41. The van der Waals surface area contributed by atoms with E-state index in [-0.39, 0.29) is 18.4 Å². The molecule has 1 N–H and O–H groups in total. The largest absolute Gasteiger partial charge is 0.366 e. The van der Waals surface area contributed by atoms with Crippen molar-refractivity contribution >= 4 is 23.2 Å². The fourth-order valence-corrected chi connectivity index (χ4v) is 3.80. The molecule has 3 aromatic rings. The maximum absolute atomic E-state index is 12.7. The molecule has 1 aliphatic rings. The van der Waals surface area contributed by atoms with Gasteiger partial charge in [-0.2, -0.15) is 5.10 Å². The number of pyridine rings is 1. The number of anilines is 2. The Bertz CT molecular complexity index is 1070. The summed E-state index contributed by atoms with van der Waals surface area (Å²) in [5, 5.41) is 7.35. The molecule has 3 heterocycles. The van der Waals surface area contributed by atoms with Crippen molar-refractivity contribution in [1.82, 2.24) is 19.7 Å². The molecule has 0 saturated carbocycles. The second-order valence-electron chi connectivity index (χ2n) is 7.64. The van der Waals surface area contributed by atoms with Gasteiger partial charge in [-0.15, -0.1) is 0 Å². The number of nitrogens with zero attached hydrogens (tertiary/aromatic N) is 5. The van der Waals surface area contributed by atoms with Gasteiger partial charge in [-0.05, 0) is 44.2 Å². The first kappa shape index (κ1) is 20.6. The zero-order valence-corrected chi connectivity index (χ0v) is 17.8. The minimum absolute atomic E-state index is 0.0718. The van der Waals surface area contributed by atoms with Crippen molar-refractivity contribution in [3.8, 4) is 0 Å². The number of benzene rings is 1. The summed E-state index contributed by atoms with van der Waals surface area (Å²) < 4.78 is 1.76. The molecular weight excluding hydrogens is 392 g/mol. The molecular formula is C23H26N6O2. The van der Waals surface area contributed by atoms with Crippen LogP contribution in [0.2, 0.25) is 0 Å². The summed E-state index contributed by atoms with van der Waals surface area (Å²) in [6.07, 6.45) is 1.60. The summed E-state index contributed by atoms with van der Waals surface area (Å²) in [6, 6.07) is 14.9. The third-order valence-electron chi connectivity index (χ3n) is 5.41. The maximum atomic E-state index is 12.7. The Morgan fingerprint density at radius 1 is 1.00 bits per heavy atom. The Balaban J connectivity index is 1.39. The van der Waals surface area contributed by atoms with E-state index in [1.807, 2.05) is 49.1 Å². The van der Waals surface area contributed by atoms with Gasteiger partial charge >= 0.3 is 0 Å². The highest BCUT2D eigenvalue weighted by Crippen LogP contribution is 2.27. The normalized spacial score (nSPS) is 13.9. The Morgan fingerprint density at radius 2 is 1.74 bits per heavy atom. The molecule has 1 aliphatic heterocycles. The van der Waals surface area contributed by atoms with Crippen molar-refractivity contribution in [3.05, 3.63) is 71.8 Å². The van der Waals surface area contributed by atoms with Gasteiger partial charge in [-0.3, -0.25) is 19.3 Å². The van der Waals surface area contributed by atoms with Crippen molar-refractivity contribution < 1.29 is 9.59 Å². The van der Waals surface area contributed by atoms with E-state index in [1.54, 1.807) is 29.1 Å². The number of carbonyl (C=O) groups is 2. The average molecular weight is 419 g/mol. The van der Waals surface area contributed by atoms with E-state index in [0.717, 1.165) is 22.8 Å².